The van der Waals surface area contributed by atoms with Crippen molar-refractivity contribution in [2.24, 2.45) is 0 Å². The zero-order chi connectivity index (χ0) is 34.8. The molecule has 1 unspecified atom stereocenters. The molecular weight excluding hydrogens is 662 g/mol. The van der Waals surface area contributed by atoms with Crippen molar-refractivity contribution in [3.8, 4) is 39.7 Å². The molecule has 6 aromatic rings. The van der Waals surface area contributed by atoms with Crippen molar-refractivity contribution in [3.05, 3.63) is 89.5 Å². The van der Waals surface area contributed by atoms with Crippen molar-refractivity contribution in [1.82, 2.24) is 14.9 Å². The maximum Gasteiger partial charge on any atom is 0.337 e. The van der Waals surface area contributed by atoms with E-state index in [2.05, 4.69) is 10.0 Å². The summed E-state index contributed by atoms with van der Waals surface area (Å²) in [5.74, 6) is -3.36. The molecule has 250 valence electrons. The Morgan fingerprint density at radius 1 is 1.08 bits per heavy atom. The van der Waals surface area contributed by atoms with Crippen LogP contribution in [-0.2, 0) is 21.5 Å². The summed E-state index contributed by atoms with van der Waals surface area (Å²) in [5, 5.41) is 23.3. The van der Waals surface area contributed by atoms with Gasteiger partial charge < -0.3 is 29.3 Å². The molecule has 1 amide bonds. The standard InChI is InChI=1S/C34H26F2N4O8S/c1-3-49(45,46)39-22-14-25-19(26(33(42)37-2)32(48-25)16-7-9-17(35)10-8-16)13-18(22)21-11-12-24-29(38-21)30-28(31(41)34(43)44)27-20(36)5-4-6-23(27)40(30)15-47-24/h4-14,31,39,41H,3,15H2,1-2H3,(H,37,42)(H,43,44). The monoisotopic (exact) mass is 688 g/mol. The van der Waals surface area contributed by atoms with Gasteiger partial charge in [-0.05, 0) is 61.5 Å². The molecule has 0 saturated heterocycles. The van der Waals surface area contributed by atoms with Gasteiger partial charge >= 0.3 is 5.97 Å². The fourth-order valence-corrected chi connectivity index (χ4v) is 6.67. The number of aliphatic hydroxyl groups excluding tert-OH is 1. The van der Waals surface area contributed by atoms with Crippen LogP contribution >= 0.6 is 0 Å². The molecule has 0 saturated carbocycles. The number of nitrogens with one attached hydrogen (secondary N) is 2. The van der Waals surface area contributed by atoms with Crippen molar-refractivity contribution in [3.63, 3.8) is 0 Å². The number of halogens is 2. The van der Waals surface area contributed by atoms with Crippen molar-refractivity contribution >= 4 is 49.5 Å². The summed E-state index contributed by atoms with van der Waals surface area (Å²) in [5.41, 5.74) is 1.22. The van der Waals surface area contributed by atoms with E-state index >= 15 is 4.39 Å². The first-order chi connectivity index (χ1) is 23.4. The van der Waals surface area contributed by atoms with Gasteiger partial charge in [0, 0.05) is 40.6 Å². The molecule has 0 spiro atoms. The Hall–Kier alpha value is -5.80. The Balaban J connectivity index is 1.51. The lowest BCUT2D eigenvalue weighted by molar-refractivity contribution is -0.146. The number of pyridine rings is 1. The summed E-state index contributed by atoms with van der Waals surface area (Å²) in [4.78, 5) is 30.1. The summed E-state index contributed by atoms with van der Waals surface area (Å²) in [7, 11) is -2.45. The number of rotatable bonds is 8. The summed E-state index contributed by atoms with van der Waals surface area (Å²) < 4.78 is 70.8. The Morgan fingerprint density at radius 2 is 1.84 bits per heavy atom. The van der Waals surface area contributed by atoms with Gasteiger partial charge in [-0.2, -0.15) is 0 Å². The normalized spacial score (nSPS) is 13.1. The number of benzene rings is 3. The number of sulfonamides is 1. The summed E-state index contributed by atoms with van der Waals surface area (Å²) in [6.45, 7) is 1.31. The molecule has 1 atom stereocenters. The molecule has 4 N–H and O–H groups in total. The zero-order valence-electron chi connectivity index (χ0n) is 25.7. The van der Waals surface area contributed by atoms with Crippen molar-refractivity contribution < 1.29 is 46.2 Å². The van der Waals surface area contributed by atoms with Gasteiger partial charge in [0.25, 0.3) is 5.91 Å². The highest BCUT2D eigenvalue weighted by atomic mass is 32.2. The number of aliphatic carboxylic acids is 1. The second-order valence-electron chi connectivity index (χ2n) is 11.2. The summed E-state index contributed by atoms with van der Waals surface area (Å²) in [6, 6.07) is 15.4. The fourth-order valence-electron chi connectivity index (χ4n) is 6.02. The number of hydrogen-bond acceptors (Lipinski definition) is 8. The molecule has 1 aliphatic heterocycles. The highest BCUT2D eigenvalue weighted by molar-refractivity contribution is 7.92. The van der Waals surface area contributed by atoms with Gasteiger partial charge in [-0.15, -0.1) is 0 Å². The van der Waals surface area contributed by atoms with Crippen LogP contribution in [0.5, 0.6) is 5.75 Å². The first-order valence-corrected chi connectivity index (χ1v) is 16.5. The van der Waals surface area contributed by atoms with Crippen LogP contribution in [0.15, 0.2) is 71.1 Å². The minimum absolute atomic E-state index is 0.0405. The number of carboxylic acid groups (broad SMARTS) is 1. The molecular formula is C34H26F2N4O8S. The van der Waals surface area contributed by atoms with Crippen molar-refractivity contribution in [2.75, 3.05) is 17.5 Å². The van der Waals surface area contributed by atoms with Crippen LogP contribution in [0.25, 0.3) is 55.8 Å². The Kier molecular flexibility index (Phi) is 7.60. The molecule has 0 aliphatic carbocycles. The van der Waals surface area contributed by atoms with Crippen LogP contribution < -0.4 is 14.8 Å². The van der Waals surface area contributed by atoms with E-state index in [0.717, 1.165) is 6.07 Å². The Labute approximate surface area is 276 Å². The van der Waals surface area contributed by atoms with E-state index in [9.17, 15) is 32.6 Å². The molecule has 7 rings (SSSR count). The molecule has 3 aromatic heterocycles. The molecule has 49 heavy (non-hydrogen) atoms. The topological polar surface area (TPSA) is 173 Å². The third-order valence-corrected chi connectivity index (χ3v) is 9.62. The largest absolute Gasteiger partial charge is 0.479 e. The quantitative estimate of drug-likeness (QED) is 0.158. The third kappa shape index (κ3) is 5.23. The van der Waals surface area contributed by atoms with E-state index in [1.807, 2.05) is 0 Å². The van der Waals surface area contributed by atoms with Crippen LogP contribution in [0.2, 0.25) is 0 Å². The smallest absolute Gasteiger partial charge is 0.337 e. The van der Waals surface area contributed by atoms with E-state index in [0.29, 0.717) is 5.56 Å². The van der Waals surface area contributed by atoms with Crippen LogP contribution in [0.4, 0.5) is 14.5 Å². The molecule has 15 heteroatoms. The number of carbonyl (C=O) groups is 2. The highest BCUT2D eigenvalue weighted by Gasteiger charge is 2.34. The maximum atomic E-state index is 15.2. The lowest BCUT2D eigenvalue weighted by atomic mass is 9.99. The van der Waals surface area contributed by atoms with Gasteiger partial charge in [0.2, 0.25) is 10.0 Å². The van der Waals surface area contributed by atoms with Crippen LogP contribution in [0.1, 0.15) is 28.9 Å². The fraction of sp³-hybridized carbons (Fsp3) is 0.147. The predicted octanol–water partition coefficient (Wildman–Crippen LogP) is 5.65. The second-order valence-corrected chi connectivity index (χ2v) is 13.2. The van der Waals surface area contributed by atoms with Gasteiger partial charge in [0.1, 0.15) is 34.4 Å². The van der Waals surface area contributed by atoms with Gasteiger partial charge in [0.05, 0.1) is 33.9 Å². The van der Waals surface area contributed by atoms with Gasteiger partial charge in [-0.3, -0.25) is 9.52 Å². The number of anilines is 1. The minimum Gasteiger partial charge on any atom is -0.479 e. The number of fused-ring (bicyclic) bond motifs is 6. The van der Waals surface area contributed by atoms with E-state index in [4.69, 9.17) is 14.1 Å². The molecule has 4 heterocycles. The molecule has 3 aromatic carbocycles. The van der Waals surface area contributed by atoms with E-state index in [-0.39, 0.29) is 85.3 Å². The molecule has 1 aliphatic rings. The Morgan fingerprint density at radius 3 is 2.53 bits per heavy atom. The third-order valence-electron chi connectivity index (χ3n) is 8.33. The average Bonchev–Trinajstić information content (AvgIpc) is 3.63. The van der Waals surface area contributed by atoms with Gasteiger partial charge in [-0.25, -0.2) is 27.0 Å². The molecule has 12 nitrogen and oxygen atoms in total. The lowest BCUT2D eigenvalue weighted by Crippen LogP contribution is -2.18. The predicted molar refractivity (Wildman–Crippen MR) is 175 cm³/mol. The average molecular weight is 689 g/mol. The summed E-state index contributed by atoms with van der Waals surface area (Å²) >= 11 is 0. The van der Waals surface area contributed by atoms with E-state index in [1.54, 1.807) is 6.07 Å². The first-order valence-electron chi connectivity index (χ1n) is 14.9. The van der Waals surface area contributed by atoms with Crippen LogP contribution in [-0.4, -0.2) is 52.9 Å². The second kappa shape index (κ2) is 11.7. The van der Waals surface area contributed by atoms with Crippen molar-refractivity contribution in [1.29, 1.82) is 0 Å². The number of carboxylic acids is 1. The SMILES string of the molecule is CCS(=O)(=O)Nc1cc2oc(-c3ccc(F)cc3)c(C(=O)NC)c2cc1-c1ccc2c(n1)-c1c(C(O)C(=O)O)c3c(F)cccc3n1CO2. The van der Waals surface area contributed by atoms with Gasteiger partial charge in [0.15, 0.2) is 12.8 Å². The van der Waals surface area contributed by atoms with Crippen molar-refractivity contribution in [2.45, 2.75) is 19.8 Å². The van der Waals surface area contributed by atoms with E-state index in [1.165, 1.54) is 73.1 Å². The number of aromatic nitrogens is 2. The number of furan rings is 1. The van der Waals surface area contributed by atoms with Crippen LogP contribution in [0.3, 0.4) is 0 Å². The number of hydrogen-bond donors (Lipinski definition) is 4. The number of carbonyl (C=O) groups excluding carboxylic acids is 1. The van der Waals surface area contributed by atoms with Gasteiger partial charge in [-0.1, -0.05) is 6.07 Å². The Bertz CT molecular complexity index is 2460. The van der Waals surface area contributed by atoms with E-state index < -0.39 is 39.6 Å². The number of nitrogens with zero attached hydrogens (tertiary/aromatic N) is 2. The molecule has 0 fully saturated rings. The number of ether oxygens (including phenoxy) is 1. The maximum absolute atomic E-state index is 15.2. The zero-order valence-corrected chi connectivity index (χ0v) is 26.6. The minimum atomic E-state index is -3.88. The molecule has 0 radical (unpaired) electrons. The summed E-state index contributed by atoms with van der Waals surface area (Å²) in [6.07, 6.45) is -2.12. The number of amides is 1. The number of aliphatic hydroxyl groups is 1. The highest BCUT2D eigenvalue weighted by Crippen LogP contribution is 2.46. The lowest BCUT2D eigenvalue weighted by Gasteiger charge is -2.23. The first kappa shape index (κ1) is 31.8. The molecule has 0 bridgehead atoms. The van der Waals surface area contributed by atoms with Crippen LogP contribution in [0, 0.1) is 11.6 Å².